The van der Waals surface area contributed by atoms with Crippen LogP contribution in [0.3, 0.4) is 0 Å². The molecule has 148 valence electrons. The summed E-state index contributed by atoms with van der Waals surface area (Å²) in [7, 11) is 0. The smallest absolute Gasteiger partial charge is 0.255 e. The highest BCUT2D eigenvalue weighted by atomic mass is 35.5. The maximum absolute atomic E-state index is 12.8. The van der Waals surface area contributed by atoms with E-state index in [9.17, 15) is 4.79 Å². The van der Waals surface area contributed by atoms with Crippen LogP contribution < -0.4 is 9.64 Å². The van der Waals surface area contributed by atoms with Crippen LogP contribution in [-0.2, 0) is 4.74 Å². The van der Waals surface area contributed by atoms with Gasteiger partial charge in [0.05, 0.1) is 18.8 Å². The van der Waals surface area contributed by atoms with E-state index in [1.54, 1.807) is 6.07 Å². The number of pyridine rings is 1. The maximum Gasteiger partial charge on any atom is 0.255 e. The molecule has 0 spiro atoms. The summed E-state index contributed by atoms with van der Waals surface area (Å²) in [5, 5.41) is 1.05. The van der Waals surface area contributed by atoms with Crippen molar-refractivity contribution in [2.24, 2.45) is 0 Å². The molecule has 1 amide bonds. The first-order chi connectivity index (χ1) is 13.6. The van der Waals surface area contributed by atoms with Gasteiger partial charge < -0.3 is 19.3 Å². The summed E-state index contributed by atoms with van der Waals surface area (Å²) in [6.07, 6.45) is 2.31. The molecule has 3 heterocycles. The number of aromatic nitrogens is 1. The summed E-state index contributed by atoms with van der Waals surface area (Å²) in [6, 6.07) is 9.39. The molecule has 1 atom stereocenters. The Morgan fingerprint density at radius 2 is 2.00 bits per heavy atom. The van der Waals surface area contributed by atoms with Crippen molar-refractivity contribution < 1.29 is 14.3 Å². The predicted molar refractivity (Wildman–Crippen MR) is 109 cm³/mol. The van der Waals surface area contributed by atoms with Crippen LogP contribution in [0, 0.1) is 0 Å². The Labute approximate surface area is 173 Å². The van der Waals surface area contributed by atoms with E-state index in [1.165, 1.54) is 6.20 Å². The summed E-state index contributed by atoms with van der Waals surface area (Å²) in [5.41, 5.74) is 1.54. The molecule has 28 heavy (non-hydrogen) atoms. The molecule has 2 fully saturated rings. The molecular formula is C20H21Cl2N3O3. The second-order valence-electron chi connectivity index (χ2n) is 6.87. The van der Waals surface area contributed by atoms with Crippen molar-refractivity contribution in [2.45, 2.75) is 12.5 Å². The summed E-state index contributed by atoms with van der Waals surface area (Å²) < 4.78 is 11.0. The molecule has 2 aliphatic heterocycles. The number of nitrogens with zero attached hydrogens (tertiary/aromatic N) is 3. The molecule has 0 aliphatic carbocycles. The van der Waals surface area contributed by atoms with Gasteiger partial charge in [-0.15, -0.1) is 0 Å². The van der Waals surface area contributed by atoms with E-state index in [-0.39, 0.29) is 12.0 Å². The van der Waals surface area contributed by atoms with Gasteiger partial charge in [0.25, 0.3) is 5.91 Å². The van der Waals surface area contributed by atoms with E-state index in [0.717, 1.165) is 25.2 Å². The molecule has 0 bridgehead atoms. The molecule has 1 unspecified atom stereocenters. The second-order valence-corrected chi connectivity index (χ2v) is 7.72. The molecule has 6 nitrogen and oxygen atoms in total. The van der Waals surface area contributed by atoms with Crippen molar-refractivity contribution >= 4 is 34.8 Å². The Morgan fingerprint density at radius 1 is 1.18 bits per heavy atom. The first-order valence-electron chi connectivity index (χ1n) is 9.30. The normalized spacial score (nSPS) is 19.7. The van der Waals surface area contributed by atoms with Crippen LogP contribution in [0.5, 0.6) is 5.88 Å². The zero-order valence-electron chi connectivity index (χ0n) is 15.3. The highest BCUT2D eigenvalue weighted by Gasteiger charge is 2.24. The lowest BCUT2D eigenvalue weighted by Gasteiger charge is -2.36. The number of rotatable bonds is 4. The lowest BCUT2D eigenvalue weighted by atomic mass is 10.2. The van der Waals surface area contributed by atoms with Gasteiger partial charge in [-0.2, -0.15) is 0 Å². The number of piperazine rings is 1. The minimum atomic E-state index is -0.0732. The van der Waals surface area contributed by atoms with Gasteiger partial charge in [0.15, 0.2) is 0 Å². The molecule has 0 N–H and O–H groups in total. The van der Waals surface area contributed by atoms with Crippen LogP contribution in [0.25, 0.3) is 0 Å². The predicted octanol–water partition coefficient (Wildman–Crippen LogP) is 3.52. The van der Waals surface area contributed by atoms with E-state index >= 15 is 0 Å². The number of hydrogen-bond acceptors (Lipinski definition) is 5. The third-order valence-corrected chi connectivity index (χ3v) is 5.47. The number of halogens is 2. The Morgan fingerprint density at radius 3 is 2.68 bits per heavy atom. The van der Waals surface area contributed by atoms with Crippen molar-refractivity contribution in [1.82, 2.24) is 9.88 Å². The van der Waals surface area contributed by atoms with Crippen LogP contribution in [0.1, 0.15) is 16.8 Å². The van der Waals surface area contributed by atoms with Crippen LogP contribution in [0.4, 0.5) is 5.69 Å². The average Bonchev–Trinajstić information content (AvgIpc) is 3.22. The molecule has 2 aromatic rings. The topological polar surface area (TPSA) is 54.9 Å². The Hall–Kier alpha value is -2.02. The summed E-state index contributed by atoms with van der Waals surface area (Å²) >= 11 is 12.4. The average molecular weight is 422 g/mol. The van der Waals surface area contributed by atoms with Gasteiger partial charge in [-0.3, -0.25) is 4.79 Å². The first-order valence-corrected chi connectivity index (χ1v) is 10.1. The van der Waals surface area contributed by atoms with Crippen molar-refractivity contribution in [1.29, 1.82) is 0 Å². The molecule has 0 radical (unpaired) electrons. The zero-order chi connectivity index (χ0) is 19.5. The summed E-state index contributed by atoms with van der Waals surface area (Å²) in [4.78, 5) is 21.1. The summed E-state index contributed by atoms with van der Waals surface area (Å²) in [5.74, 6) is 0.274. The van der Waals surface area contributed by atoms with Gasteiger partial charge in [-0.05, 0) is 24.3 Å². The third kappa shape index (κ3) is 4.35. The number of hydrogen-bond donors (Lipinski definition) is 0. The van der Waals surface area contributed by atoms with Crippen molar-refractivity contribution in [2.75, 3.05) is 44.3 Å². The summed E-state index contributed by atoms with van der Waals surface area (Å²) in [6.45, 7) is 3.96. The van der Waals surface area contributed by atoms with Crippen molar-refractivity contribution in [3.63, 3.8) is 0 Å². The highest BCUT2D eigenvalue weighted by Crippen LogP contribution is 2.26. The minimum Gasteiger partial charge on any atom is -0.471 e. The standard InChI is InChI=1S/C20H21Cl2N3O3/c21-15-2-1-3-16(11-15)24-5-7-25(8-6-24)20(26)14-10-18(22)19(23-12-14)28-17-4-9-27-13-17/h1-3,10-12,17H,4-9,13H2. The lowest BCUT2D eigenvalue weighted by molar-refractivity contribution is 0.0746. The number of ether oxygens (including phenoxy) is 2. The SMILES string of the molecule is O=C(c1cnc(OC2CCOC2)c(Cl)c1)N1CCN(c2cccc(Cl)c2)CC1. The number of carbonyl (C=O) groups is 1. The van der Waals surface area contributed by atoms with Crippen molar-refractivity contribution in [3.8, 4) is 5.88 Å². The van der Waals surface area contributed by atoms with Gasteiger partial charge in [-0.1, -0.05) is 29.3 Å². The van der Waals surface area contributed by atoms with Crippen LogP contribution in [0.15, 0.2) is 36.5 Å². The van der Waals surface area contributed by atoms with Gasteiger partial charge in [0.1, 0.15) is 11.1 Å². The number of carbonyl (C=O) groups excluding carboxylic acids is 1. The van der Waals surface area contributed by atoms with E-state index in [2.05, 4.69) is 9.88 Å². The second kappa shape index (κ2) is 8.55. The van der Waals surface area contributed by atoms with Gasteiger partial charge in [0.2, 0.25) is 5.88 Å². The molecule has 4 rings (SSSR count). The number of amides is 1. The third-order valence-electron chi connectivity index (χ3n) is 4.96. The van der Waals surface area contributed by atoms with E-state index < -0.39 is 0 Å². The molecule has 2 saturated heterocycles. The molecule has 0 saturated carbocycles. The number of anilines is 1. The van der Waals surface area contributed by atoms with Crippen LogP contribution >= 0.6 is 23.2 Å². The van der Waals surface area contributed by atoms with Crippen LogP contribution in [0.2, 0.25) is 10.0 Å². The molecule has 8 heteroatoms. The largest absolute Gasteiger partial charge is 0.471 e. The fraction of sp³-hybridized carbons (Fsp3) is 0.400. The van der Waals surface area contributed by atoms with Crippen LogP contribution in [-0.4, -0.2) is 61.3 Å². The van der Waals surface area contributed by atoms with E-state index in [0.29, 0.717) is 47.8 Å². The molecule has 2 aliphatic rings. The Kier molecular flexibility index (Phi) is 5.90. The molecular weight excluding hydrogens is 401 g/mol. The quantitative estimate of drug-likeness (QED) is 0.755. The van der Waals surface area contributed by atoms with Crippen molar-refractivity contribution in [3.05, 3.63) is 52.1 Å². The minimum absolute atomic E-state index is 0.0360. The maximum atomic E-state index is 12.8. The monoisotopic (exact) mass is 421 g/mol. The number of benzene rings is 1. The fourth-order valence-corrected chi connectivity index (χ4v) is 3.81. The molecule has 1 aromatic heterocycles. The lowest BCUT2D eigenvalue weighted by Crippen LogP contribution is -2.48. The van der Waals surface area contributed by atoms with Gasteiger partial charge in [0, 0.05) is 49.5 Å². The van der Waals surface area contributed by atoms with Gasteiger partial charge in [-0.25, -0.2) is 4.98 Å². The van der Waals surface area contributed by atoms with E-state index in [4.69, 9.17) is 32.7 Å². The zero-order valence-corrected chi connectivity index (χ0v) is 16.8. The van der Waals surface area contributed by atoms with Gasteiger partial charge >= 0.3 is 0 Å². The fourth-order valence-electron chi connectivity index (χ4n) is 3.42. The Bertz CT molecular complexity index is 850. The van der Waals surface area contributed by atoms with E-state index in [1.807, 2.05) is 29.2 Å². The molecule has 1 aromatic carbocycles. The highest BCUT2D eigenvalue weighted by molar-refractivity contribution is 6.32. The Balaban J connectivity index is 1.37. The first kappa shape index (κ1) is 19.3.